The van der Waals surface area contributed by atoms with Crippen LogP contribution in [0.2, 0.25) is 0 Å². The second-order valence-electron chi connectivity index (χ2n) is 11.4. The minimum Gasteiger partial charge on any atom is -0.453 e. The van der Waals surface area contributed by atoms with Crippen LogP contribution in [-0.4, -0.2) is 0 Å². The minimum absolute atomic E-state index is 0.0936. The van der Waals surface area contributed by atoms with E-state index in [2.05, 4.69) is 126 Å². The molecule has 0 atom stereocenters. The van der Waals surface area contributed by atoms with Gasteiger partial charge >= 0.3 is 0 Å². The van der Waals surface area contributed by atoms with Gasteiger partial charge in [0.05, 0.1) is 17.1 Å². The molecule has 1 heterocycles. The smallest absolute Gasteiger partial charge is 0.152 e. The maximum atomic E-state index is 6.65. The maximum Gasteiger partial charge on any atom is 0.152 e. The van der Waals surface area contributed by atoms with E-state index in [-0.39, 0.29) is 5.41 Å². The maximum absolute atomic E-state index is 6.65. The summed E-state index contributed by atoms with van der Waals surface area (Å²) >= 11 is 0. The van der Waals surface area contributed by atoms with Crippen LogP contribution in [0.5, 0.6) is 11.5 Å². The Morgan fingerprint density at radius 2 is 1.28 bits per heavy atom. The van der Waals surface area contributed by atoms with Crippen molar-refractivity contribution in [2.45, 2.75) is 53.9 Å². The number of fused-ring (bicyclic) bond motifs is 4. The van der Waals surface area contributed by atoms with E-state index < -0.39 is 0 Å². The molecule has 6 rings (SSSR count). The van der Waals surface area contributed by atoms with E-state index in [9.17, 15) is 0 Å². The summed E-state index contributed by atoms with van der Waals surface area (Å²) in [6.07, 6.45) is 0. The third-order valence-corrected chi connectivity index (χ3v) is 7.53. The number of hydrogen-bond donors (Lipinski definition) is 0. The Bertz CT molecular complexity index is 1650. The number of ether oxygens (including phenoxy) is 1. The second kappa shape index (κ2) is 7.86. The van der Waals surface area contributed by atoms with Crippen LogP contribution in [0.4, 0.5) is 17.1 Å². The predicted molar refractivity (Wildman–Crippen MR) is 154 cm³/mol. The standard InChI is InChI=1S/C34H33NO/c1-20-11-12-24-18-31-30(17-26(24)13-20)35(33-22(3)14-27(15-23(33)4)34(5,6)7)29-16-25-10-8-9-21(2)28(25)19-32(29)36-31/h8-19H,1-7H3. The van der Waals surface area contributed by atoms with E-state index >= 15 is 0 Å². The third-order valence-electron chi connectivity index (χ3n) is 7.53. The zero-order valence-corrected chi connectivity index (χ0v) is 22.3. The van der Waals surface area contributed by atoms with Crippen molar-refractivity contribution in [1.29, 1.82) is 0 Å². The van der Waals surface area contributed by atoms with E-state index in [0.29, 0.717) is 0 Å². The van der Waals surface area contributed by atoms with Crippen LogP contribution in [0.1, 0.15) is 48.6 Å². The lowest BCUT2D eigenvalue weighted by Gasteiger charge is -2.36. The lowest BCUT2D eigenvalue weighted by atomic mass is 9.84. The average Bonchev–Trinajstić information content (AvgIpc) is 2.81. The first-order valence-electron chi connectivity index (χ1n) is 12.8. The van der Waals surface area contributed by atoms with E-state index in [1.54, 1.807) is 0 Å². The zero-order valence-electron chi connectivity index (χ0n) is 22.3. The van der Waals surface area contributed by atoms with E-state index in [1.165, 1.54) is 55.0 Å². The molecule has 180 valence electrons. The molecule has 0 spiro atoms. The van der Waals surface area contributed by atoms with Crippen LogP contribution in [0, 0.1) is 27.7 Å². The molecule has 0 aliphatic carbocycles. The molecular weight excluding hydrogens is 438 g/mol. The fraction of sp³-hybridized carbons (Fsp3) is 0.235. The van der Waals surface area contributed by atoms with Crippen molar-refractivity contribution in [3.05, 3.63) is 101 Å². The van der Waals surface area contributed by atoms with Gasteiger partial charge in [0.25, 0.3) is 0 Å². The van der Waals surface area contributed by atoms with Gasteiger partial charge in [-0.15, -0.1) is 0 Å². The van der Waals surface area contributed by atoms with Crippen LogP contribution >= 0.6 is 0 Å². The molecule has 1 aliphatic heterocycles. The largest absolute Gasteiger partial charge is 0.453 e. The van der Waals surface area contributed by atoms with Gasteiger partial charge in [-0.3, -0.25) is 0 Å². The van der Waals surface area contributed by atoms with E-state index in [4.69, 9.17) is 4.74 Å². The van der Waals surface area contributed by atoms with Gasteiger partial charge in [0.1, 0.15) is 0 Å². The van der Waals surface area contributed by atoms with Crippen molar-refractivity contribution in [1.82, 2.24) is 0 Å². The summed E-state index contributed by atoms with van der Waals surface area (Å²) in [5, 5.41) is 4.87. The van der Waals surface area contributed by atoms with Crippen LogP contribution < -0.4 is 9.64 Å². The lowest BCUT2D eigenvalue weighted by molar-refractivity contribution is 0.478. The van der Waals surface area contributed by atoms with Gasteiger partial charge in [0.15, 0.2) is 11.5 Å². The molecule has 5 aromatic rings. The molecule has 5 aromatic carbocycles. The van der Waals surface area contributed by atoms with Gasteiger partial charge < -0.3 is 9.64 Å². The van der Waals surface area contributed by atoms with Crippen LogP contribution in [0.15, 0.2) is 72.8 Å². The van der Waals surface area contributed by atoms with Gasteiger partial charge in [-0.25, -0.2) is 0 Å². The quantitative estimate of drug-likeness (QED) is 0.236. The van der Waals surface area contributed by atoms with E-state index in [0.717, 1.165) is 22.9 Å². The molecule has 0 fully saturated rings. The number of rotatable bonds is 1. The van der Waals surface area contributed by atoms with Gasteiger partial charge in [-0.05, 0) is 101 Å². The Kier molecular flexibility index (Phi) is 4.95. The molecule has 0 saturated heterocycles. The summed E-state index contributed by atoms with van der Waals surface area (Å²) in [6.45, 7) is 15.6. The van der Waals surface area contributed by atoms with Crippen LogP contribution in [-0.2, 0) is 5.41 Å². The Balaban J connectivity index is 1.68. The Morgan fingerprint density at radius 1 is 0.611 bits per heavy atom. The highest BCUT2D eigenvalue weighted by molar-refractivity contribution is 6.00. The molecule has 36 heavy (non-hydrogen) atoms. The molecule has 0 unspecified atom stereocenters. The lowest BCUT2D eigenvalue weighted by Crippen LogP contribution is -2.19. The van der Waals surface area contributed by atoms with Crippen molar-refractivity contribution in [3.8, 4) is 11.5 Å². The summed E-state index contributed by atoms with van der Waals surface area (Å²) in [7, 11) is 0. The highest BCUT2D eigenvalue weighted by atomic mass is 16.5. The molecule has 0 radical (unpaired) electrons. The second-order valence-corrected chi connectivity index (χ2v) is 11.4. The summed E-state index contributed by atoms with van der Waals surface area (Å²) in [4.78, 5) is 2.43. The van der Waals surface area contributed by atoms with Crippen molar-refractivity contribution >= 4 is 38.6 Å². The van der Waals surface area contributed by atoms with Gasteiger partial charge in [0, 0.05) is 0 Å². The fourth-order valence-corrected chi connectivity index (χ4v) is 5.58. The van der Waals surface area contributed by atoms with Crippen LogP contribution in [0.25, 0.3) is 21.5 Å². The number of hydrogen-bond acceptors (Lipinski definition) is 2. The van der Waals surface area contributed by atoms with Gasteiger partial charge in [-0.2, -0.15) is 0 Å². The first kappa shape index (κ1) is 22.7. The summed E-state index contributed by atoms with van der Waals surface area (Å²) in [5.41, 5.74) is 9.91. The number of benzene rings is 5. The minimum atomic E-state index is 0.0936. The highest BCUT2D eigenvalue weighted by Crippen LogP contribution is 2.54. The normalized spacial score (nSPS) is 13.0. The van der Waals surface area contributed by atoms with Crippen molar-refractivity contribution in [2.75, 3.05) is 4.90 Å². The number of nitrogens with zero attached hydrogens (tertiary/aromatic N) is 1. The Labute approximate surface area is 214 Å². The van der Waals surface area contributed by atoms with Crippen molar-refractivity contribution in [3.63, 3.8) is 0 Å². The number of aryl methyl sites for hydroxylation is 4. The number of anilines is 3. The molecule has 0 N–H and O–H groups in total. The summed E-state index contributed by atoms with van der Waals surface area (Å²) in [6, 6.07) is 26.8. The SMILES string of the molecule is Cc1ccc2cc3c(cc2c1)N(c1c(C)cc(C(C)(C)C)cc1C)c1cc2cccc(C)c2cc1O3. The molecule has 0 amide bonds. The average molecular weight is 472 g/mol. The summed E-state index contributed by atoms with van der Waals surface area (Å²) < 4.78 is 6.65. The monoisotopic (exact) mass is 471 g/mol. The van der Waals surface area contributed by atoms with E-state index in [1.807, 2.05) is 0 Å². The third kappa shape index (κ3) is 3.55. The summed E-state index contributed by atoms with van der Waals surface area (Å²) in [5.74, 6) is 1.79. The molecule has 2 heteroatoms. The van der Waals surface area contributed by atoms with Gasteiger partial charge in [0.2, 0.25) is 0 Å². The van der Waals surface area contributed by atoms with Crippen molar-refractivity contribution in [2.24, 2.45) is 0 Å². The molecule has 1 aliphatic rings. The first-order chi connectivity index (χ1) is 17.1. The topological polar surface area (TPSA) is 12.5 Å². The molecule has 2 nitrogen and oxygen atoms in total. The fourth-order valence-electron chi connectivity index (χ4n) is 5.58. The first-order valence-corrected chi connectivity index (χ1v) is 12.8. The molecule has 0 aromatic heterocycles. The van der Waals surface area contributed by atoms with Gasteiger partial charge in [-0.1, -0.05) is 74.9 Å². The molecule has 0 bridgehead atoms. The Hall–Kier alpha value is -3.78. The zero-order chi connectivity index (χ0) is 25.4. The Morgan fingerprint density at radius 3 is 1.97 bits per heavy atom. The van der Waals surface area contributed by atoms with Crippen molar-refractivity contribution < 1.29 is 4.74 Å². The van der Waals surface area contributed by atoms with Crippen LogP contribution in [0.3, 0.4) is 0 Å². The molecular formula is C34H33NO. The highest BCUT2D eigenvalue weighted by Gasteiger charge is 2.30. The molecule has 0 saturated carbocycles. The predicted octanol–water partition coefficient (Wildman–Crippen LogP) is 10.1.